The molecular weight excluding hydrogens is 210 g/mol. The Morgan fingerprint density at radius 3 is 2.57 bits per heavy atom. The first-order valence-electron chi connectivity index (χ1n) is 4.25. The van der Waals surface area contributed by atoms with E-state index in [0.717, 1.165) is 21.1 Å². The Kier molecular flexibility index (Phi) is 4.17. The molecule has 72 valence electrons. The number of anilines is 1. The van der Waals surface area contributed by atoms with E-state index >= 15 is 0 Å². The molecule has 0 saturated carbocycles. The van der Waals surface area contributed by atoms with Gasteiger partial charge in [0.05, 0.1) is 4.99 Å². The van der Waals surface area contributed by atoms with Gasteiger partial charge in [-0.15, -0.1) is 0 Å². The minimum atomic E-state index is 0.379. The van der Waals surface area contributed by atoms with Crippen molar-refractivity contribution >= 4 is 40.0 Å². The summed E-state index contributed by atoms with van der Waals surface area (Å²) in [6, 6.07) is 7.74. The van der Waals surface area contributed by atoms with E-state index < -0.39 is 0 Å². The Morgan fingerprint density at radius 2 is 2.00 bits per heavy atom. The first-order chi connectivity index (χ1) is 6.65. The van der Waals surface area contributed by atoms with Crippen LogP contribution in [0.4, 0.5) is 5.69 Å². The highest BCUT2D eigenvalue weighted by molar-refractivity contribution is 7.81. The molecule has 1 aromatic carbocycles. The average Bonchev–Trinajstić information content (AvgIpc) is 2.16. The van der Waals surface area contributed by atoms with Gasteiger partial charge < -0.3 is 5.32 Å². The van der Waals surface area contributed by atoms with Gasteiger partial charge in [-0.2, -0.15) is 0 Å². The van der Waals surface area contributed by atoms with Crippen molar-refractivity contribution in [2.45, 2.75) is 13.3 Å². The molecule has 0 fully saturated rings. The zero-order chi connectivity index (χ0) is 10.6. The van der Waals surface area contributed by atoms with Gasteiger partial charge in [-0.05, 0) is 26.3 Å². The summed E-state index contributed by atoms with van der Waals surface area (Å²) < 4.78 is 0. The monoisotopic (exact) mass is 221 g/mol. The topological polar surface area (TPSA) is 12.0 Å². The van der Waals surface area contributed by atoms with E-state index in [2.05, 4.69) is 5.32 Å². The Balaban J connectivity index is 3.02. The molecule has 1 rings (SSSR count). The van der Waals surface area contributed by atoms with Crippen LogP contribution in [-0.4, -0.2) is 9.85 Å². The van der Waals surface area contributed by atoms with E-state index in [-0.39, 0.29) is 0 Å². The predicted molar refractivity (Wildman–Crippen MR) is 69.0 cm³/mol. The molecule has 0 spiro atoms. The highest BCUT2D eigenvalue weighted by atomic mass is 32.1. The molecule has 0 atom stereocenters. The number of thiocarbonyl (C=S) groups is 2. The van der Waals surface area contributed by atoms with Gasteiger partial charge in [0.1, 0.15) is 0 Å². The summed E-state index contributed by atoms with van der Waals surface area (Å²) in [5.41, 5.74) is 1.88. The lowest BCUT2D eigenvalue weighted by atomic mass is 10.1. The Hall–Kier alpha value is -0.800. The van der Waals surface area contributed by atoms with E-state index in [0.29, 0.717) is 6.42 Å². The summed E-state index contributed by atoms with van der Waals surface area (Å²) in [6.45, 7) is 7.33. The Labute approximate surface area is 95.5 Å². The molecule has 0 aliphatic rings. The van der Waals surface area contributed by atoms with E-state index in [1.807, 2.05) is 31.2 Å². The van der Waals surface area contributed by atoms with E-state index in [9.17, 15) is 0 Å². The maximum atomic E-state index is 5.50. The minimum Gasteiger partial charge on any atom is -0.350 e. The summed E-state index contributed by atoms with van der Waals surface area (Å²) in [7, 11) is 0. The molecule has 14 heavy (non-hydrogen) atoms. The third-order valence-electron chi connectivity index (χ3n) is 1.72. The number of hydrogen-bond acceptors (Lipinski definition) is 2. The second-order valence-electron chi connectivity index (χ2n) is 2.85. The molecule has 3 heteroatoms. The highest BCUT2D eigenvalue weighted by Crippen LogP contribution is 2.17. The van der Waals surface area contributed by atoms with Crippen molar-refractivity contribution in [2.24, 2.45) is 0 Å². The predicted octanol–water partition coefficient (Wildman–Crippen LogP) is 3.26. The van der Waals surface area contributed by atoms with Gasteiger partial charge in [0.2, 0.25) is 0 Å². The van der Waals surface area contributed by atoms with Crippen LogP contribution in [0.15, 0.2) is 24.3 Å². The first kappa shape index (κ1) is 11.3. The fraction of sp³-hybridized carbons (Fsp3) is 0.182. The molecule has 1 N–H and O–H groups in total. The number of para-hydroxylation sites is 1. The summed E-state index contributed by atoms with van der Waals surface area (Å²) in [5.74, 6) is 0. The van der Waals surface area contributed by atoms with Crippen LogP contribution in [0.5, 0.6) is 0 Å². The van der Waals surface area contributed by atoms with Crippen molar-refractivity contribution in [2.75, 3.05) is 5.32 Å². The van der Waals surface area contributed by atoms with Gasteiger partial charge >= 0.3 is 0 Å². The second-order valence-corrected chi connectivity index (χ2v) is 3.96. The van der Waals surface area contributed by atoms with Crippen molar-refractivity contribution < 1.29 is 0 Å². The van der Waals surface area contributed by atoms with Crippen molar-refractivity contribution in [3.63, 3.8) is 0 Å². The van der Waals surface area contributed by atoms with Crippen molar-refractivity contribution in [3.8, 4) is 0 Å². The molecule has 0 bridgehead atoms. The zero-order valence-electron chi connectivity index (χ0n) is 7.91. The summed E-state index contributed by atoms with van der Waals surface area (Å²) in [6.07, 6.45) is 0.379. The molecule has 0 amide bonds. The molecule has 0 heterocycles. The SMILES string of the molecule is [CH]CC(=S)c1ccccc1NC(C)=S. The lowest BCUT2D eigenvalue weighted by Crippen LogP contribution is -2.08. The second kappa shape index (κ2) is 5.17. The van der Waals surface area contributed by atoms with Gasteiger partial charge in [0.25, 0.3) is 0 Å². The summed E-state index contributed by atoms with van der Waals surface area (Å²) >= 11 is 10.1. The van der Waals surface area contributed by atoms with Crippen molar-refractivity contribution in [1.29, 1.82) is 0 Å². The van der Waals surface area contributed by atoms with Gasteiger partial charge in [0.15, 0.2) is 0 Å². The Morgan fingerprint density at radius 1 is 1.36 bits per heavy atom. The van der Waals surface area contributed by atoms with Gasteiger partial charge in [-0.3, -0.25) is 0 Å². The van der Waals surface area contributed by atoms with Crippen LogP contribution in [0.1, 0.15) is 18.9 Å². The standard InChI is InChI=1S/C11H11NS2/c1-3-11(14)9-6-4-5-7-10(9)12-8(2)13/h1,4-7H,3H2,2H3,(H,12,13). The van der Waals surface area contributed by atoms with Gasteiger partial charge in [0, 0.05) is 16.1 Å². The number of benzene rings is 1. The summed E-state index contributed by atoms with van der Waals surface area (Å²) in [4.78, 5) is 1.46. The first-order valence-corrected chi connectivity index (χ1v) is 5.06. The number of nitrogens with one attached hydrogen (secondary N) is 1. The van der Waals surface area contributed by atoms with Gasteiger partial charge in [-0.1, -0.05) is 42.6 Å². The van der Waals surface area contributed by atoms with Crippen LogP contribution in [0, 0.1) is 6.92 Å². The maximum Gasteiger partial charge on any atom is 0.0765 e. The third kappa shape index (κ3) is 2.86. The Bertz CT molecular complexity index is 358. The fourth-order valence-electron chi connectivity index (χ4n) is 1.13. The highest BCUT2D eigenvalue weighted by Gasteiger charge is 2.04. The average molecular weight is 221 g/mol. The number of hydrogen-bond donors (Lipinski definition) is 1. The lowest BCUT2D eigenvalue weighted by Gasteiger charge is -2.10. The van der Waals surface area contributed by atoms with Crippen LogP contribution in [0.25, 0.3) is 0 Å². The van der Waals surface area contributed by atoms with Crippen molar-refractivity contribution in [3.05, 3.63) is 36.8 Å². The summed E-state index contributed by atoms with van der Waals surface area (Å²) in [5, 5.41) is 3.08. The maximum absolute atomic E-state index is 5.50. The van der Waals surface area contributed by atoms with Crippen molar-refractivity contribution in [1.82, 2.24) is 0 Å². The molecule has 1 nitrogen and oxygen atoms in total. The van der Waals surface area contributed by atoms with E-state index in [1.165, 1.54) is 0 Å². The van der Waals surface area contributed by atoms with Gasteiger partial charge in [-0.25, -0.2) is 0 Å². The normalized spacial score (nSPS) is 9.57. The molecule has 1 aromatic rings. The molecule has 0 aliphatic heterocycles. The van der Waals surface area contributed by atoms with Crippen LogP contribution in [0.3, 0.4) is 0 Å². The van der Waals surface area contributed by atoms with Crippen LogP contribution >= 0.6 is 24.4 Å². The fourth-order valence-corrected chi connectivity index (χ4v) is 1.42. The zero-order valence-corrected chi connectivity index (χ0v) is 9.54. The molecular formula is C11H11NS2. The largest absolute Gasteiger partial charge is 0.350 e. The third-order valence-corrected chi connectivity index (χ3v) is 2.21. The van der Waals surface area contributed by atoms with E-state index in [4.69, 9.17) is 31.4 Å². The quantitative estimate of drug-likeness (QED) is 0.621. The van der Waals surface area contributed by atoms with E-state index in [1.54, 1.807) is 0 Å². The smallest absolute Gasteiger partial charge is 0.0765 e. The lowest BCUT2D eigenvalue weighted by molar-refractivity contribution is 1.49. The molecule has 0 unspecified atom stereocenters. The van der Waals surface area contributed by atoms with Crippen LogP contribution < -0.4 is 5.32 Å². The van der Waals surface area contributed by atoms with Crippen LogP contribution in [-0.2, 0) is 0 Å². The molecule has 0 aromatic heterocycles. The molecule has 0 saturated heterocycles. The number of rotatable bonds is 3. The van der Waals surface area contributed by atoms with Crippen LogP contribution in [0.2, 0.25) is 0 Å². The molecule has 0 aliphatic carbocycles. The minimum absolute atomic E-state index is 0.379. The molecule has 2 radical (unpaired) electrons.